The summed E-state index contributed by atoms with van der Waals surface area (Å²) in [6, 6.07) is 15.2. The van der Waals surface area contributed by atoms with Crippen molar-refractivity contribution in [2.75, 3.05) is 46.4 Å². The summed E-state index contributed by atoms with van der Waals surface area (Å²) in [5.41, 5.74) is 22.2. The Morgan fingerprint density at radius 3 is 2.22 bits per heavy atom. The third-order valence-corrected chi connectivity index (χ3v) is 12.0. The molecule has 18 nitrogen and oxygen atoms in total. The summed E-state index contributed by atoms with van der Waals surface area (Å²) in [5.74, 6) is -1.38. The smallest absolute Gasteiger partial charge is 0.255 e. The minimum absolute atomic E-state index is 0.00450. The molecule has 1 fully saturated rings. The molecule has 2 aliphatic rings. The molecule has 4 aromatic rings. The summed E-state index contributed by atoms with van der Waals surface area (Å²) < 4.78 is 12.2. The molecule has 4 atom stereocenters. The number of fused-ring (bicyclic) bond motifs is 5. The average Bonchev–Trinajstić information content (AvgIpc) is 3.84. The zero-order valence-corrected chi connectivity index (χ0v) is 38.3. The fraction of sp³-hybridized carbons (Fsp3) is 0.429. The Hall–Kier alpha value is -6.94. The molecule has 1 aliphatic heterocycles. The molecule has 0 radical (unpaired) electrons. The van der Waals surface area contributed by atoms with Gasteiger partial charge in [0.25, 0.3) is 5.91 Å². The molecule has 354 valence electrons. The number of likely N-dealkylation sites (N-methyl/N-ethyl adjacent to an activating group) is 1. The lowest BCUT2D eigenvalue weighted by atomic mass is 9.93. The van der Waals surface area contributed by atoms with Crippen LogP contribution in [0.25, 0.3) is 22.5 Å². The number of aromatic nitrogens is 2. The number of nitrogens with two attached hydrogens (primary N) is 3. The van der Waals surface area contributed by atoms with Crippen LogP contribution in [-0.2, 0) is 32.0 Å². The Balaban J connectivity index is 1.34. The van der Waals surface area contributed by atoms with Crippen LogP contribution in [0.4, 0.5) is 0 Å². The van der Waals surface area contributed by atoms with Crippen LogP contribution >= 0.6 is 0 Å². The maximum atomic E-state index is 14.7. The van der Waals surface area contributed by atoms with E-state index in [9.17, 15) is 29.2 Å². The highest BCUT2D eigenvalue weighted by Gasteiger charge is 2.36. The normalized spacial score (nSPS) is 17.8. The monoisotopic (exact) mass is 915 g/mol. The topological polar surface area (TPSA) is 283 Å². The predicted octanol–water partition coefficient (Wildman–Crippen LogP) is 2.36. The number of carbonyl (C=O) groups excluding carboxylic acids is 5. The van der Waals surface area contributed by atoms with Gasteiger partial charge in [0, 0.05) is 49.4 Å². The lowest BCUT2D eigenvalue weighted by Gasteiger charge is -2.32. The molecule has 4 bridgehead atoms. The van der Waals surface area contributed by atoms with Crippen molar-refractivity contribution in [1.82, 2.24) is 36.1 Å². The minimum atomic E-state index is -1.40. The van der Waals surface area contributed by atoms with Crippen LogP contribution in [0.1, 0.15) is 77.8 Å². The maximum absolute atomic E-state index is 14.7. The summed E-state index contributed by atoms with van der Waals surface area (Å²) >= 11 is 0. The van der Waals surface area contributed by atoms with E-state index in [0.29, 0.717) is 51.2 Å². The first-order chi connectivity index (χ1) is 32.3. The van der Waals surface area contributed by atoms with E-state index >= 15 is 0 Å². The van der Waals surface area contributed by atoms with Crippen molar-refractivity contribution in [1.29, 1.82) is 5.26 Å². The molecule has 3 aromatic carbocycles. The van der Waals surface area contributed by atoms with E-state index in [2.05, 4.69) is 43.4 Å². The quantitative estimate of drug-likeness (QED) is 0.0751. The number of benzene rings is 3. The lowest BCUT2D eigenvalue weighted by molar-refractivity contribution is -0.141. The SMILES string of the molecule is Cc1nc(-c2ccc(CC3CCCC3)cc2)ncc1C(=O)N[C@@H](CCN)C(=O)N(C)[C@@H]1C(=O)N[C@@H](C)C(=O)N[C@H](C(=O)NCC#N)Cc2ccc(OCCN)c(c2)-c2cc1ccc2OCCN. The van der Waals surface area contributed by atoms with Crippen molar-refractivity contribution in [2.24, 2.45) is 23.1 Å². The summed E-state index contributed by atoms with van der Waals surface area (Å²) in [6.45, 7) is 3.52. The van der Waals surface area contributed by atoms with Gasteiger partial charge in [0.15, 0.2) is 5.82 Å². The van der Waals surface area contributed by atoms with Crippen LogP contribution in [0.2, 0.25) is 0 Å². The predicted molar refractivity (Wildman–Crippen MR) is 251 cm³/mol. The second kappa shape index (κ2) is 23.5. The maximum Gasteiger partial charge on any atom is 0.255 e. The molecule has 0 spiro atoms. The first-order valence-electron chi connectivity index (χ1n) is 22.7. The number of amides is 5. The van der Waals surface area contributed by atoms with Crippen molar-refractivity contribution in [3.8, 4) is 40.1 Å². The van der Waals surface area contributed by atoms with Crippen LogP contribution in [0, 0.1) is 24.2 Å². The van der Waals surface area contributed by atoms with E-state index in [4.69, 9.17) is 26.7 Å². The Morgan fingerprint density at radius 2 is 1.58 bits per heavy atom. The average molecular weight is 916 g/mol. The first-order valence-corrected chi connectivity index (χ1v) is 22.7. The Bertz CT molecular complexity index is 2450. The van der Waals surface area contributed by atoms with Gasteiger partial charge in [0.2, 0.25) is 23.6 Å². The number of hydrogen-bond donors (Lipinski definition) is 7. The van der Waals surface area contributed by atoms with Gasteiger partial charge in [-0.1, -0.05) is 62.1 Å². The molecule has 10 N–H and O–H groups in total. The lowest BCUT2D eigenvalue weighted by Crippen LogP contribution is -2.56. The second-order valence-electron chi connectivity index (χ2n) is 16.9. The van der Waals surface area contributed by atoms with Crippen LogP contribution in [-0.4, -0.2) is 109 Å². The third kappa shape index (κ3) is 12.5. The number of aryl methyl sites for hydroxylation is 1. The molecule has 0 saturated heterocycles. The van der Waals surface area contributed by atoms with Gasteiger partial charge in [-0.3, -0.25) is 24.0 Å². The summed E-state index contributed by atoms with van der Waals surface area (Å²) in [5, 5.41) is 19.9. The van der Waals surface area contributed by atoms with E-state index in [0.717, 1.165) is 12.0 Å². The van der Waals surface area contributed by atoms with E-state index in [-0.39, 0.29) is 57.8 Å². The Morgan fingerprint density at radius 1 is 0.910 bits per heavy atom. The zero-order chi connectivity index (χ0) is 48.0. The van der Waals surface area contributed by atoms with Crippen molar-refractivity contribution in [3.05, 3.63) is 94.8 Å². The Kier molecular flexibility index (Phi) is 17.4. The van der Waals surface area contributed by atoms with Gasteiger partial charge in [-0.25, -0.2) is 9.97 Å². The van der Waals surface area contributed by atoms with Crippen LogP contribution in [0.15, 0.2) is 66.9 Å². The van der Waals surface area contributed by atoms with Crippen LogP contribution < -0.4 is 47.9 Å². The van der Waals surface area contributed by atoms with E-state index in [1.54, 1.807) is 43.3 Å². The van der Waals surface area contributed by atoms with Gasteiger partial charge in [-0.05, 0) is 80.1 Å². The van der Waals surface area contributed by atoms with Crippen LogP contribution in [0.3, 0.4) is 0 Å². The fourth-order valence-corrected chi connectivity index (χ4v) is 8.53. The number of nitrogens with one attached hydrogen (secondary N) is 4. The van der Waals surface area contributed by atoms with Crippen molar-refractivity contribution < 1.29 is 33.4 Å². The fourth-order valence-electron chi connectivity index (χ4n) is 8.53. The number of rotatable bonds is 17. The van der Waals surface area contributed by atoms with Crippen LogP contribution in [0.5, 0.6) is 11.5 Å². The largest absolute Gasteiger partial charge is 0.492 e. The molecule has 18 heteroatoms. The van der Waals surface area contributed by atoms with Gasteiger partial charge >= 0.3 is 0 Å². The molecule has 0 unspecified atom stereocenters. The number of hydrogen-bond acceptors (Lipinski definition) is 13. The number of carbonyl (C=O) groups is 5. The van der Waals surface area contributed by atoms with Gasteiger partial charge in [0.05, 0.1) is 17.3 Å². The first kappa shape index (κ1) is 49.5. The molecule has 2 heterocycles. The summed E-state index contributed by atoms with van der Waals surface area (Å²) in [4.78, 5) is 80.6. The number of ether oxygens (including phenoxy) is 2. The molecule has 5 amide bonds. The third-order valence-electron chi connectivity index (χ3n) is 12.0. The van der Waals surface area contributed by atoms with Gasteiger partial charge < -0.3 is 52.8 Å². The molecular weight excluding hydrogens is 855 g/mol. The van der Waals surface area contributed by atoms with Gasteiger partial charge in [-0.15, -0.1) is 0 Å². The molecular formula is C49H61N11O7. The molecule has 1 saturated carbocycles. The highest BCUT2D eigenvalue weighted by molar-refractivity contribution is 6.00. The highest BCUT2D eigenvalue weighted by Crippen LogP contribution is 2.40. The minimum Gasteiger partial charge on any atom is -0.492 e. The van der Waals surface area contributed by atoms with E-state index in [1.165, 1.54) is 56.3 Å². The summed E-state index contributed by atoms with van der Waals surface area (Å²) in [7, 11) is 1.42. The van der Waals surface area contributed by atoms with Crippen molar-refractivity contribution >= 4 is 29.5 Å². The Labute approximate surface area is 390 Å². The number of nitrogens with zero attached hydrogens (tertiary/aromatic N) is 4. The molecule has 6 rings (SSSR count). The van der Waals surface area contributed by atoms with Gasteiger partial charge in [0.1, 0.15) is 55.4 Å². The molecule has 67 heavy (non-hydrogen) atoms. The van der Waals surface area contributed by atoms with Crippen molar-refractivity contribution in [2.45, 2.75) is 83.0 Å². The van der Waals surface area contributed by atoms with Gasteiger partial charge in [-0.2, -0.15) is 5.26 Å². The second-order valence-corrected chi connectivity index (χ2v) is 16.9. The zero-order valence-electron chi connectivity index (χ0n) is 38.3. The molecule has 1 aliphatic carbocycles. The van der Waals surface area contributed by atoms with E-state index in [1.807, 2.05) is 18.2 Å². The number of nitriles is 1. The highest BCUT2D eigenvalue weighted by atomic mass is 16.5. The van der Waals surface area contributed by atoms with E-state index < -0.39 is 53.7 Å². The molecule has 1 aromatic heterocycles. The standard InChI is InChI=1S/C49H61N11O7/c1-29-38(28-55-44(56-29)34-11-8-32(9-12-34)24-31-6-4-5-7-31)46(62)58-39(16-17-50)49(65)60(3)43-35-13-15-42(67-23-20-53)37(27-35)36-25-33(10-14-41(36)66-22-19-52)26-40(47(63)54-21-18-51)59-45(61)30(2)57-48(43)64/h8-15,25,27-28,30-31,39-40,43H,4-7,16-17,19-24,26,50,52-53H2,1-3H3,(H,54,63)(H,57,64)(H,58,62)(H,59,61)/t30-,39-,40-,43-/m0/s1. The van der Waals surface area contributed by atoms with Crippen molar-refractivity contribution in [3.63, 3.8) is 0 Å². The summed E-state index contributed by atoms with van der Waals surface area (Å²) in [6.07, 6.45) is 7.58.